The van der Waals surface area contributed by atoms with E-state index in [1.54, 1.807) is 13.0 Å². The molecule has 12 heavy (non-hydrogen) atoms. The Morgan fingerprint density at radius 1 is 1.83 bits per heavy atom. The van der Waals surface area contributed by atoms with Crippen molar-refractivity contribution in [3.63, 3.8) is 0 Å². The normalized spacial score (nSPS) is 14.9. The second-order valence-corrected chi connectivity index (χ2v) is 2.72. The largest absolute Gasteiger partial charge is 0.394 e. The molecule has 0 rings (SSSR count). The molecule has 0 aliphatic rings. The second-order valence-electron chi connectivity index (χ2n) is 2.72. The maximum atomic E-state index is 11.1. The molecular formula is C8H16N2O2. The van der Waals surface area contributed by atoms with E-state index in [9.17, 15) is 4.79 Å². The van der Waals surface area contributed by atoms with E-state index in [0.717, 1.165) is 0 Å². The van der Waals surface area contributed by atoms with Crippen LogP contribution < -0.4 is 11.1 Å². The van der Waals surface area contributed by atoms with Crippen LogP contribution in [0, 0.1) is 0 Å². The summed E-state index contributed by atoms with van der Waals surface area (Å²) >= 11 is 0. The van der Waals surface area contributed by atoms with Crippen molar-refractivity contribution in [2.24, 2.45) is 5.73 Å². The molecule has 0 saturated carbocycles. The summed E-state index contributed by atoms with van der Waals surface area (Å²) in [5, 5.41) is 11.2. The minimum absolute atomic E-state index is 0.0768. The van der Waals surface area contributed by atoms with Crippen molar-refractivity contribution in [3.8, 4) is 0 Å². The van der Waals surface area contributed by atoms with Crippen molar-refractivity contribution in [2.75, 3.05) is 6.61 Å². The van der Waals surface area contributed by atoms with E-state index in [0.29, 0.717) is 6.42 Å². The van der Waals surface area contributed by atoms with E-state index in [2.05, 4.69) is 11.9 Å². The third kappa shape index (κ3) is 4.10. The fraction of sp³-hybridized carbons (Fsp3) is 0.625. The molecule has 0 heterocycles. The zero-order chi connectivity index (χ0) is 9.56. The summed E-state index contributed by atoms with van der Waals surface area (Å²) in [5.41, 5.74) is 5.47. The lowest BCUT2D eigenvalue weighted by molar-refractivity contribution is -0.123. The first kappa shape index (κ1) is 11.1. The lowest BCUT2D eigenvalue weighted by Gasteiger charge is -2.14. The topological polar surface area (TPSA) is 75.4 Å². The maximum absolute atomic E-state index is 11.1. The highest BCUT2D eigenvalue weighted by Crippen LogP contribution is 1.89. The molecule has 0 spiro atoms. The number of aliphatic hydroxyl groups is 1. The molecule has 0 saturated heterocycles. The molecule has 4 heteroatoms. The number of amides is 1. The fourth-order valence-electron chi connectivity index (χ4n) is 0.682. The highest BCUT2D eigenvalue weighted by molar-refractivity contribution is 5.81. The van der Waals surface area contributed by atoms with Crippen LogP contribution in [-0.4, -0.2) is 29.7 Å². The smallest absolute Gasteiger partial charge is 0.237 e. The molecule has 0 aliphatic carbocycles. The first-order valence-corrected chi connectivity index (χ1v) is 3.89. The van der Waals surface area contributed by atoms with Crippen LogP contribution in [0.2, 0.25) is 0 Å². The summed E-state index contributed by atoms with van der Waals surface area (Å²) in [5.74, 6) is -0.253. The molecule has 4 nitrogen and oxygen atoms in total. The minimum atomic E-state index is -0.559. The van der Waals surface area contributed by atoms with Crippen LogP contribution in [0.25, 0.3) is 0 Å². The van der Waals surface area contributed by atoms with E-state index < -0.39 is 6.04 Å². The molecule has 4 N–H and O–H groups in total. The fourth-order valence-corrected chi connectivity index (χ4v) is 0.682. The average molecular weight is 172 g/mol. The van der Waals surface area contributed by atoms with Gasteiger partial charge in [0.2, 0.25) is 5.91 Å². The Hall–Kier alpha value is -0.870. The van der Waals surface area contributed by atoms with Gasteiger partial charge in [-0.3, -0.25) is 4.79 Å². The van der Waals surface area contributed by atoms with E-state index in [1.807, 2.05) is 0 Å². The predicted octanol–water partition coefficient (Wildman–Crippen LogP) is -0.613. The lowest BCUT2D eigenvalue weighted by atomic mass is 10.2. The number of hydrogen-bond donors (Lipinski definition) is 3. The summed E-state index contributed by atoms with van der Waals surface area (Å²) in [7, 11) is 0. The Labute approximate surface area is 72.4 Å². The van der Waals surface area contributed by atoms with Gasteiger partial charge in [0.05, 0.1) is 12.6 Å². The monoisotopic (exact) mass is 172 g/mol. The number of nitrogens with two attached hydrogens (primary N) is 1. The molecule has 0 radical (unpaired) electrons. The van der Waals surface area contributed by atoms with Gasteiger partial charge in [0, 0.05) is 6.04 Å². The zero-order valence-electron chi connectivity index (χ0n) is 7.29. The maximum Gasteiger partial charge on any atom is 0.237 e. The number of nitrogens with one attached hydrogen (secondary N) is 1. The van der Waals surface area contributed by atoms with Crippen molar-refractivity contribution in [3.05, 3.63) is 12.7 Å². The Balaban J connectivity index is 3.77. The van der Waals surface area contributed by atoms with E-state index in [4.69, 9.17) is 10.8 Å². The Morgan fingerprint density at radius 3 is 2.83 bits per heavy atom. The van der Waals surface area contributed by atoms with E-state index in [-0.39, 0.29) is 18.6 Å². The molecule has 0 aromatic rings. The van der Waals surface area contributed by atoms with Crippen molar-refractivity contribution in [1.29, 1.82) is 0 Å². The summed E-state index contributed by atoms with van der Waals surface area (Å²) in [6.07, 6.45) is 2.04. The predicted molar refractivity (Wildman–Crippen MR) is 47.5 cm³/mol. The van der Waals surface area contributed by atoms with Crippen LogP contribution in [0.4, 0.5) is 0 Å². The molecule has 70 valence electrons. The van der Waals surface area contributed by atoms with Crippen LogP contribution in [0.5, 0.6) is 0 Å². The van der Waals surface area contributed by atoms with Crippen molar-refractivity contribution in [1.82, 2.24) is 5.32 Å². The minimum Gasteiger partial charge on any atom is -0.394 e. The standard InChI is InChI=1S/C8H16N2O2/c1-3-4-7(9)8(12)10-6(2)5-11/h3,6-7,11H,1,4-5,9H2,2H3,(H,10,12)/t6-,7?/m0/s1. The highest BCUT2D eigenvalue weighted by Gasteiger charge is 2.12. The first-order valence-electron chi connectivity index (χ1n) is 3.89. The first-order chi connectivity index (χ1) is 5.61. The Morgan fingerprint density at radius 2 is 2.42 bits per heavy atom. The van der Waals surface area contributed by atoms with Crippen molar-refractivity contribution in [2.45, 2.75) is 25.4 Å². The molecular weight excluding hydrogens is 156 g/mol. The number of hydrogen-bond acceptors (Lipinski definition) is 3. The van der Waals surface area contributed by atoms with Crippen LogP contribution in [-0.2, 0) is 4.79 Å². The summed E-state index contributed by atoms with van der Waals surface area (Å²) in [4.78, 5) is 11.1. The molecule has 0 aliphatic heterocycles. The van der Waals surface area contributed by atoms with Gasteiger partial charge in [0.15, 0.2) is 0 Å². The Kier molecular flexibility index (Phi) is 5.32. The molecule has 1 amide bonds. The third-order valence-corrected chi connectivity index (χ3v) is 1.42. The van der Waals surface area contributed by atoms with Gasteiger partial charge < -0.3 is 16.2 Å². The van der Waals surface area contributed by atoms with Gasteiger partial charge in [-0.2, -0.15) is 0 Å². The zero-order valence-corrected chi connectivity index (χ0v) is 7.29. The lowest BCUT2D eigenvalue weighted by Crippen LogP contribution is -2.45. The van der Waals surface area contributed by atoms with Crippen molar-refractivity contribution >= 4 is 5.91 Å². The van der Waals surface area contributed by atoms with Crippen LogP contribution >= 0.6 is 0 Å². The summed E-state index contributed by atoms with van der Waals surface area (Å²) < 4.78 is 0. The molecule has 0 aromatic heterocycles. The van der Waals surface area contributed by atoms with E-state index in [1.165, 1.54) is 0 Å². The van der Waals surface area contributed by atoms with Gasteiger partial charge in [-0.05, 0) is 13.3 Å². The van der Waals surface area contributed by atoms with Gasteiger partial charge >= 0.3 is 0 Å². The van der Waals surface area contributed by atoms with Crippen LogP contribution in [0.15, 0.2) is 12.7 Å². The second kappa shape index (κ2) is 5.74. The number of aliphatic hydroxyl groups excluding tert-OH is 1. The molecule has 1 unspecified atom stereocenters. The Bertz CT molecular complexity index is 159. The number of carbonyl (C=O) groups is 1. The van der Waals surface area contributed by atoms with Gasteiger partial charge in [-0.25, -0.2) is 0 Å². The average Bonchev–Trinajstić information content (AvgIpc) is 2.04. The molecule has 0 fully saturated rings. The number of rotatable bonds is 5. The number of carbonyl (C=O) groups excluding carboxylic acids is 1. The summed E-state index contributed by atoms with van der Waals surface area (Å²) in [6.45, 7) is 5.10. The van der Waals surface area contributed by atoms with E-state index >= 15 is 0 Å². The van der Waals surface area contributed by atoms with Crippen LogP contribution in [0.1, 0.15) is 13.3 Å². The third-order valence-electron chi connectivity index (χ3n) is 1.42. The molecule has 0 aromatic carbocycles. The molecule has 0 bridgehead atoms. The highest BCUT2D eigenvalue weighted by atomic mass is 16.3. The van der Waals surface area contributed by atoms with Gasteiger partial charge in [0.1, 0.15) is 0 Å². The van der Waals surface area contributed by atoms with Crippen molar-refractivity contribution < 1.29 is 9.90 Å². The SMILES string of the molecule is C=CCC(N)C(=O)N[C@@H](C)CO. The van der Waals surface area contributed by atoms with Gasteiger partial charge in [0.25, 0.3) is 0 Å². The quantitative estimate of drug-likeness (QED) is 0.484. The van der Waals surface area contributed by atoms with Gasteiger partial charge in [-0.1, -0.05) is 6.08 Å². The van der Waals surface area contributed by atoms with Gasteiger partial charge in [-0.15, -0.1) is 6.58 Å². The summed E-state index contributed by atoms with van der Waals surface area (Å²) in [6, 6.07) is -0.801. The van der Waals surface area contributed by atoms with Crippen LogP contribution in [0.3, 0.4) is 0 Å². The molecule has 2 atom stereocenters.